The molecular weight excluding hydrogens is 468 g/mol. The van der Waals surface area contributed by atoms with Gasteiger partial charge < -0.3 is 15.4 Å². The number of methoxy groups -OCH3 is 1. The van der Waals surface area contributed by atoms with Crippen molar-refractivity contribution in [3.8, 4) is 5.75 Å². The summed E-state index contributed by atoms with van der Waals surface area (Å²) in [5.74, 6) is -1.80. The number of benzene rings is 3. The monoisotopic (exact) mass is 490 g/mol. The van der Waals surface area contributed by atoms with Crippen molar-refractivity contribution in [3.63, 3.8) is 0 Å². The highest BCUT2D eigenvalue weighted by molar-refractivity contribution is 6.42. The smallest absolute Gasteiger partial charge is 0.328 e. The topological polar surface area (TPSA) is 101 Å². The van der Waals surface area contributed by atoms with Gasteiger partial charge in [-0.15, -0.1) is 0 Å². The quantitative estimate of drug-likeness (QED) is 0.347. The Balaban J connectivity index is 1.62. The predicted molar refractivity (Wildman–Crippen MR) is 137 cm³/mol. The Morgan fingerprint density at radius 1 is 0.829 bits per heavy atom. The van der Waals surface area contributed by atoms with Crippen LogP contribution in [0.25, 0.3) is 10.9 Å². The maximum Gasteiger partial charge on any atom is 0.328 e. The summed E-state index contributed by atoms with van der Waals surface area (Å²) in [4.78, 5) is 38.5. The highest BCUT2D eigenvalue weighted by Gasteiger charge is 2.21. The molecule has 3 N–H and O–H groups in total. The molecule has 9 heteroatoms. The number of halogens is 1. The predicted octanol–water partition coefficient (Wildman–Crippen LogP) is 4.88. The molecule has 0 aliphatic heterocycles. The van der Waals surface area contributed by atoms with Crippen LogP contribution in [0.5, 0.6) is 5.75 Å². The second kappa shape index (κ2) is 9.90. The van der Waals surface area contributed by atoms with Crippen LogP contribution in [0.4, 0.5) is 11.4 Å². The lowest BCUT2D eigenvalue weighted by Gasteiger charge is -2.13. The number of nitrogens with one attached hydrogen (secondary N) is 3. The fourth-order valence-electron chi connectivity index (χ4n) is 3.53. The molecule has 4 rings (SSSR count). The van der Waals surface area contributed by atoms with Gasteiger partial charge >= 0.3 is 11.8 Å². The molecule has 0 bridgehead atoms. The van der Waals surface area contributed by atoms with Gasteiger partial charge in [-0.25, -0.2) is 4.68 Å². The maximum atomic E-state index is 13.2. The van der Waals surface area contributed by atoms with Gasteiger partial charge in [0.25, 0.3) is 5.91 Å². The first-order chi connectivity index (χ1) is 16.7. The van der Waals surface area contributed by atoms with E-state index < -0.39 is 17.7 Å². The van der Waals surface area contributed by atoms with Crippen LogP contribution in [-0.2, 0) is 9.59 Å². The summed E-state index contributed by atoms with van der Waals surface area (Å²) in [6, 6.07) is 18.7. The van der Waals surface area contributed by atoms with E-state index in [-0.39, 0.29) is 5.69 Å². The second-order valence-electron chi connectivity index (χ2n) is 7.95. The molecule has 0 saturated carbocycles. The van der Waals surface area contributed by atoms with Crippen molar-refractivity contribution >= 4 is 51.6 Å². The molecule has 0 radical (unpaired) electrons. The van der Waals surface area contributed by atoms with Crippen LogP contribution >= 0.6 is 11.6 Å². The van der Waals surface area contributed by atoms with E-state index in [1.54, 1.807) is 54.6 Å². The fourth-order valence-corrected chi connectivity index (χ4v) is 3.71. The summed E-state index contributed by atoms with van der Waals surface area (Å²) in [6.45, 7) is 3.93. The number of hydrogen-bond donors (Lipinski definition) is 3. The van der Waals surface area contributed by atoms with E-state index in [0.717, 1.165) is 11.1 Å². The zero-order valence-electron chi connectivity index (χ0n) is 19.3. The number of ether oxygens (including phenoxy) is 1. The van der Waals surface area contributed by atoms with Gasteiger partial charge in [0.1, 0.15) is 11.4 Å². The summed E-state index contributed by atoms with van der Waals surface area (Å²) >= 11 is 6.12. The molecule has 3 amide bonds. The van der Waals surface area contributed by atoms with Crippen molar-refractivity contribution in [2.45, 2.75) is 13.8 Å². The van der Waals surface area contributed by atoms with E-state index in [0.29, 0.717) is 33.0 Å². The third kappa shape index (κ3) is 5.28. The molecule has 0 spiro atoms. The highest BCUT2D eigenvalue weighted by Crippen LogP contribution is 2.24. The first-order valence-corrected chi connectivity index (χ1v) is 11.1. The van der Waals surface area contributed by atoms with Gasteiger partial charge in [-0.05, 0) is 73.5 Å². The van der Waals surface area contributed by atoms with Gasteiger partial charge in [0.2, 0.25) is 0 Å². The maximum absolute atomic E-state index is 13.2. The number of amides is 3. The fraction of sp³-hybridized carbons (Fsp3) is 0.115. The van der Waals surface area contributed by atoms with Crippen molar-refractivity contribution in [2.75, 3.05) is 23.2 Å². The number of aryl methyl sites for hydroxylation is 2. The summed E-state index contributed by atoms with van der Waals surface area (Å²) in [5, 5.41) is 6.45. The minimum absolute atomic E-state index is 0.128. The molecule has 1 aromatic heterocycles. The Morgan fingerprint density at radius 2 is 1.60 bits per heavy atom. The number of rotatable bonds is 5. The number of hydrogen-bond acceptors (Lipinski definition) is 4. The van der Waals surface area contributed by atoms with Crippen LogP contribution in [0.15, 0.2) is 66.7 Å². The van der Waals surface area contributed by atoms with Gasteiger partial charge in [-0.1, -0.05) is 23.7 Å². The molecule has 8 nitrogen and oxygen atoms in total. The first-order valence-electron chi connectivity index (χ1n) is 10.7. The average Bonchev–Trinajstić information content (AvgIpc) is 3.18. The third-order valence-electron chi connectivity index (χ3n) is 5.51. The number of fused-ring (bicyclic) bond motifs is 1. The zero-order chi connectivity index (χ0) is 25.1. The third-order valence-corrected chi connectivity index (χ3v) is 5.74. The molecule has 4 aromatic rings. The SMILES string of the molecule is COc1cccc(NC(=O)C(=O)Nn2c(C(=O)Nc3ccc(C)c(C)c3)cc3cc(Cl)ccc32)c1. The van der Waals surface area contributed by atoms with Crippen LogP contribution < -0.4 is 20.8 Å². The molecule has 0 saturated heterocycles. The Kier molecular flexibility index (Phi) is 6.75. The minimum Gasteiger partial charge on any atom is -0.497 e. The van der Waals surface area contributed by atoms with E-state index >= 15 is 0 Å². The molecule has 0 fully saturated rings. The largest absolute Gasteiger partial charge is 0.497 e. The van der Waals surface area contributed by atoms with E-state index in [1.807, 2.05) is 26.0 Å². The average molecular weight is 491 g/mol. The lowest BCUT2D eigenvalue weighted by molar-refractivity contribution is -0.133. The Morgan fingerprint density at radius 3 is 2.34 bits per heavy atom. The molecule has 178 valence electrons. The lowest BCUT2D eigenvalue weighted by Crippen LogP contribution is -2.36. The van der Waals surface area contributed by atoms with Crippen molar-refractivity contribution in [1.82, 2.24) is 4.68 Å². The number of aromatic nitrogens is 1. The van der Waals surface area contributed by atoms with E-state index in [2.05, 4.69) is 16.1 Å². The Hall–Kier alpha value is -4.30. The first kappa shape index (κ1) is 23.8. The van der Waals surface area contributed by atoms with Crippen LogP contribution in [0.3, 0.4) is 0 Å². The Bertz CT molecular complexity index is 1460. The summed E-state index contributed by atoms with van der Waals surface area (Å²) in [5.41, 5.74) is 6.27. The van der Waals surface area contributed by atoms with Crippen molar-refractivity contribution in [2.24, 2.45) is 0 Å². The van der Waals surface area contributed by atoms with Gasteiger partial charge in [-0.2, -0.15) is 0 Å². The highest BCUT2D eigenvalue weighted by atomic mass is 35.5. The van der Waals surface area contributed by atoms with Gasteiger partial charge in [0.15, 0.2) is 0 Å². The van der Waals surface area contributed by atoms with Crippen molar-refractivity contribution < 1.29 is 19.1 Å². The molecule has 0 aliphatic carbocycles. The Labute approximate surface area is 206 Å². The molecular formula is C26H23ClN4O4. The number of nitrogens with zero attached hydrogens (tertiary/aromatic N) is 1. The molecule has 0 aliphatic rings. The van der Waals surface area contributed by atoms with Gasteiger partial charge in [0, 0.05) is 27.8 Å². The number of anilines is 2. The van der Waals surface area contributed by atoms with Crippen LogP contribution in [0.1, 0.15) is 21.6 Å². The van der Waals surface area contributed by atoms with Crippen molar-refractivity contribution in [1.29, 1.82) is 0 Å². The van der Waals surface area contributed by atoms with Crippen LogP contribution in [0, 0.1) is 13.8 Å². The van der Waals surface area contributed by atoms with Crippen molar-refractivity contribution in [3.05, 3.63) is 88.6 Å². The summed E-state index contributed by atoms with van der Waals surface area (Å²) in [7, 11) is 1.50. The van der Waals surface area contributed by atoms with Crippen LogP contribution in [0.2, 0.25) is 5.02 Å². The lowest BCUT2D eigenvalue weighted by atomic mass is 10.1. The van der Waals surface area contributed by atoms with Gasteiger partial charge in [0.05, 0.1) is 12.6 Å². The van der Waals surface area contributed by atoms with Gasteiger partial charge in [-0.3, -0.25) is 19.8 Å². The van der Waals surface area contributed by atoms with Crippen LogP contribution in [-0.4, -0.2) is 29.5 Å². The second-order valence-corrected chi connectivity index (χ2v) is 8.38. The summed E-state index contributed by atoms with van der Waals surface area (Å²) in [6.07, 6.45) is 0. The molecule has 3 aromatic carbocycles. The standard InChI is InChI=1S/C26H23ClN4O4/c1-15-7-9-20(11-16(15)2)28-24(32)23-13-17-12-18(27)8-10-22(17)31(23)30-26(34)25(33)29-19-5-4-6-21(14-19)35-3/h4-14H,1-3H3,(H,28,32)(H,29,33)(H,30,34). The zero-order valence-corrected chi connectivity index (χ0v) is 20.1. The van der Waals surface area contributed by atoms with E-state index in [9.17, 15) is 14.4 Å². The molecule has 35 heavy (non-hydrogen) atoms. The molecule has 0 atom stereocenters. The van der Waals surface area contributed by atoms with E-state index in [1.165, 1.54) is 11.8 Å². The number of carbonyl (C=O) groups excluding carboxylic acids is 3. The molecule has 0 unspecified atom stereocenters. The number of carbonyl (C=O) groups is 3. The molecule has 1 heterocycles. The minimum atomic E-state index is -0.958. The van der Waals surface area contributed by atoms with E-state index in [4.69, 9.17) is 16.3 Å². The summed E-state index contributed by atoms with van der Waals surface area (Å²) < 4.78 is 6.41. The normalized spacial score (nSPS) is 10.6.